The van der Waals surface area contributed by atoms with Gasteiger partial charge >= 0.3 is 12.4 Å². The molecule has 6 aromatic rings. The highest BCUT2D eigenvalue weighted by atomic mass is 35.5. The van der Waals surface area contributed by atoms with Crippen LogP contribution in [0.15, 0.2) is 54.6 Å². The van der Waals surface area contributed by atoms with Crippen molar-refractivity contribution in [3.8, 4) is 23.0 Å². The summed E-state index contributed by atoms with van der Waals surface area (Å²) in [5.41, 5.74) is -5.09. The summed E-state index contributed by atoms with van der Waals surface area (Å²) in [7, 11) is -8.15. The fourth-order valence-electron chi connectivity index (χ4n) is 8.74. The summed E-state index contributed by atoms with van der Waals surface area (Å²) in [5.74, 6) is -5.28. The van der Waals surface area contributed by atoms with Crippen molar-refractivity contribution < 1.29 is 65.5 Å². The molecule has 0 saturated heterocycles. The predicted octanol–water partition coefficient (Wildman–Crippen LogP) is 9.21. The van der Waals surface area contributed by atoms with E-state index in [1.165, 1.54) is 50.2 Å². The number of sulfone groups is 1. The SMILES string of the molecule is CC(C)(C#Cc1nc([C@H](Cc2cc(F)cc(F)c2)NC(=O)Cn2nc(C(F)(F)F)c3c2C(F)(F)[C@@H]2CC[C@H]32)c(-c2ccc(Cl)c3c(NS(C)(=O)=O)nn(CC(F)(F)F)c23)c2ccccc12)S(C)(=O)=O. The number of nitrogens with zero attached hydrogens (tertiary/aromatic N) is 5. The molecule has 0 bridgehead atoms. The number of alkyl halides is 8. The molecule has 0 unspecified atom stereocenters. The molecule has 0 aliphatic heterocycles. The number of nitrogens with one attached hydrogen (secondary N) is 2. The van der Waals surface area contributed by atoms with Crippen molar-refractivity contribution in [2.24, 2.45) is 5.92 Å². The lowest BCUT2D eigenvalue weighted by Crippen LogP contribution is -2.36. The van der Waals surface area contributed by atoms with E-state index < -0.39 is 126 Å². The number of hydrogen-bond donors (Lipinski definition) is 2. The van der Waals surface area contributed by atoms with Crippen molar-refractivity contribution in [2.75, 3.05) is 17.2 Å². The number of carbonyl (C=O) groups is 1. The number of pyridine rings is 1. The second-order valence-corrected chi connectivity index (χ2v) is 22.1. The van der Waals surface area contributed by atoms with E-state index in [2.05, 4.69) is 32.1 Å². The zero-order valence-corrected chi connectivity index (χ0v) is 38.6. The van der Waals surface area contributed by atoms with Gasteiger partial charge in [0, 0.05) is 40.3 Å². The smallest absolute Gasteiger partial charge is 0.346 e. The molecule has 2 aliphatic rings. The van der Waals surface area contributed by atoms with Crippen LogP contribution in [0.5, 0.6) is 0 Å². The Morgan fingerprint density at radius 2 is 1.58 bits per heavy atom. The van der Waals surface area contributed by atoms with Crippen molar-refractivity contribution in [2.45, 2.75) is 81.2 Å². The first-order chi connectivity index (χ1) is 31.8. The quantitative estimate of drug-likeness (QED) is 0.0961. The summed E-state index contributed by atoms with van der Waals surface area (Å²) >= 11 is 6.58. The fourth-order valence-corrected chi connectivity index (χ4v) is 9.72. The Bertz CT molecular complexity index is 3400. The fraction of sp³-hybridized carbons (Fsp3) is 0.364. The molecule has 1 fully saturated rings. The maximum atomic E-state index is 15.9. The second kappa shape index (κ2) is 16.9. The number of anilines is 1. The normalized spacial score (nSPS) is 17.5. The van der Waals surface area contributed by atoms with E-state index in [0.29, 0.717) is 17.0 Å². The Balaban J connectivity index is 1.42. The van der Waals surface area contributed by atoms with Gasteiger partial charge in [-0.3, -0.25) is 18.9 Å². The molecule has 3 atom stereocenters. The van der Waals surface area contributed by atoms with Gasteiger partial charge in [0.1, 0.15) is 40.9 Å². The number of hydrogen-bond acceptors (Lipinski definition) is 8. The molecule has 366 valence electrons. The molecular weight excluding hydrogens is 996 g/mol. The number of halogens is 11. The van der Waals surface area contributed by atoms with Gasteiger partial charge in [-0.2, -0.15) is 45.3 Å². The van der Waals surface area contributed by atoms with E-state index in [9.17, 15) is 56.8 Å². The van der Waals surface area contributed by atoms with Gasteiger partial charge < -0.3 is 5.32 Å². The van der Waals surface area contributed by atoms with Gasteiger partial charge in [0.2, 0.25) is 15.9 Å². The van der Waals surface area contributed by atoms with Crippen molar-refractivity contribution in [1.82, 2.24) is 29.9 Å². The molecule has 1 saturated carbocycles. The molecule has 3 aromatic heterocycles. The minimum Gasteiger partial charge on any atom is -0.346 e. The molecule has 69 heavy (non-hydrogen) atoms. The number of fused-ring (bicyclic) bond motifs is 5. The van der Waals surface area contributed by atoms with Crippen molar-refractivity contribution in [3.63, 3.8) is 0 Å². The Hall–Kier alpha value is -5.93. The molecule has 2 aliphatic carbocycles. The van der Waals surface area contributed by atoms with E-state index in [4.69, 9.17) is 16.6 Å². The molecule has 8 rings (SSSR count). The van der Waals surface area contributed by atoms with Crippen LogP contribution < -0.4 is 10.0 Å². The zero-order valence-electron chi connectivity index (χ0n) is 36.2. The van der Waals surface area contributed by atoms with Crippen LogP contribution >= 0.6 is 11.6 Å². The number of sulfonamides is 1. The van der Waals surface area contributed by atoms with Crippen LogP contribution in [0, 0.1) is 29.4 Å². The number of amides is 1. The minimum absolute atomic E-state index is 0.00908. The average Bonchev–Trinajstić information content (AvgIpc) is 3.77. The van der Waals surface area contributed by atoms with E-state index in [1.807, 2.05) is 0 Å². The van der Waals surface area contributed by atoms with Crippen LogP contribution in [0.1, 0.15) is 72.6 Å². The topological polar surface area (TPSA) is 158 Å². The highest BCUT2D eigenvalue weighted by Gasteiger charge is 2.63. The Morgan fingerprint density at radius 1 is 0.928 bits per heavy atom. The first-order valence-electron chi connectivity index (χ1n) is 20.5. The summed E-state index contributed by atoms with van der Waals surface area (Å²) in [6.45, 7) is -0.540. The molecule has 0 spiro atoms. The van der Waals surface area contributed by atoms with E-state index in [-0.39, 0.29) is 66.8 Å². The van der Waals surface area contributed by atoms with E-state index >= 15 is 8.78 Å². The van der Waals surface area contributed by atoms with E-state index in [0.717, 1.165) is 18.4 Å². The average molecular weight is 1030 g/mol. The predicted molar refractivity (Wildman–Crippen MR) is 233 cm³/mol. The van der Waals surface area contributed by atoms with Crippen molar-refractivity contribution in [3.05, 3.63) is 105 Å². The monoisotopic (exact) mass is 1030 g/mol. The van der Waals surface area contributed by atoms with Gasteiger partial charge in [-0.05, 0) is 74.1 Å². The van der Waals surface area contributed by atoms with Crippen molar-refractivity contribution >= 4 is 64.9 Å². The number of carbonyl (C=O) groups excluding carboxylic acids is 1. The summed E-state index contributed by atoms with van der Waals surface area (Å²) in [4.78, 5) is 19.1. The van der Waals surface area contributed by atoms with E-state index in [1.54, 1.807) is 0 Å². The van der Waals surface area contributed by atoms with Gasteiger partial charge in [0.25, 0.3) is 5.92 Å². The van der Waals surface area contributed by atoms with Crippen LogP contribution in [-0.4, -0.2) is 70.7 Å². The summed E-state index contributed by atoms with van der Waals surface area (Å²) in [6, 6.07) is 8.77. The molecule has 12 nitrogen and oxygen atoms in total. The summed E-state index contributed by atoms with van der Waals surface area (Å²) < 4.78 is 199. The maximum Gasteiger partial charge on any atom is 0.435 e. The third-order valence-electron chi connectivity index (χ3n) is 12.1. The highest BCUT2D eigenvalue weighted by molar-refractivity contribution is 7.92. The van der Waals surface area contributed by atoms with Crippen LogP contribution in [-0.2, 0) is 56.3 Å². The van der Waals surface area contributed by atoms with Crippen LogP contribution in [0.2, 0.25) is 5.02 Å². The largest absolute Gasteiger partial charge is 0.435 e. The standard InChI is InChI=1S/C44H36ClF10N7O5S2/c1-41(2,68(3,64)65)14-13-30-24-7-5-6-8-25(24)33(27-10-12-29(45)35-37(27)62(20-42(48,49)50)59-40(35)60-69(4,66)67)36(57-30)31(17-21-15-22(46)18-23(47)16-21)56-32(63)19-61-39-34(38(58-61)44(53,54)55)26-9-11-28(26)43(39,51)52/h5-8,10,12,15-16,18,26,28,31H,9,11,17,19-20H2,1-4H3,(H,56,63)(H,59,60)/t26-,28+,31-/m0/s1. The Labute approximate surface area is 391 Å². The van der Waals surface area contributed by atoms with Gasteiger partial charge in [-0.15, -0.1) is 0 Å². The highest BCUT2D eigenvalue weighted by Crippen LogP contribution is 2.64. The Morgan fingerprint density at radius 3 is 2.16 bits per heavy atom. The second-order valence-electron chi connectivity index (χ2n) is 17.4. The van der Waals surface area contributed by atoms with Crippen molar-refractivity contribution in [1.29, 1.82) is 0 Å². The molecule has 1 amide bonds. The summed E-state index contributed by atoms with van der Waals surface area (Å²) in [5, 5.41) is 9.45. The lowest BCUT2D eigenvalue weighted by molar-refractivity contribution is -0.144. The van der Waals surface area contributed by atoms with Crippen LogP contribution in [0.25, 0.3) is 32.8 Å². The number of rotatable bonds is 11. The first-order valence-corrected chi connectivity index (χ1v) is 24.7. The zero-order chi connectivity index (χ0) is 50.6. The maximum absolute atomic E-state index is 15.9. The molecule has 25 heteroatoms. The Kier molecular flexibility index (Phi) is 12.1. The van der Waals surface area contributed by atoms with Gasteiger partial charge in [-0.1, -0.05) is 47.9 Å². The molecule has 3 aromatic carbocycles. The van der Waals surface area contributed by atoms with Crippen LogP contribution in [0.3, 0.4) is 0 Å². The minimum atomic E-state index is -5.21. The summed E-state index contributed by atoms with van der Waals surface area (Å²) in [6.07, 6.45) is -9.35. The number of benzene rings is 3. The van der Waals surface area contributed by atoms with Crippen LogP contribution in [0.4, 0.5) is 49.7 Å². The first kappa shape index (κ1) is 49.5. The molecular formula is C44H36ClF10N7O5S2. The van der Waals surface area contributed by atoms with Gasteiger partial charge in [-0.25, -0.2) is 30.6 Å². The number of aromatic nitrogens is 5. The van der Waals surface area contributed by atoms with Gasteiger partial charge in [0.05, 0.1) is 33.9 Å². The molecule has 2 N–H and O–H groups in total. The lowest BCUT2D eigenvalue weighted by atomic mass is 9.73. The lowest BCUT2D eigenvalue weighted by Gasteiger charge is -2.34. The van der Waals surface area contributed by atoms with Gasteiger partial charge in [0.15, 0.2) is 21.3 Å². The molecule has 3 heterocycles. The third-order valence-corrected chi connectivity index (χ3v) is 14.9. The third kappa shape index (κ3) is 9.44. The molecule has 0 radical (unpaired) electrons.